The Labute approximate surface area is 228 Å². The maximum atomic E-state index is 14.2. The van der Waals surface area contributed by atoms with Gasteiger partial charge in [-0.3, -0.25) is 9.89 Å². The van der Waals surface area contributed by atoms with Gasteiger partial charge in [0.1, 0.15) is 30.7 Å². The first kappa shape index (κ1) is 25.8. The number of nitrogens with two attached hydrogens (primary N) is 1. The van der Waals surface area contributed by atoms with Crippen molar-refractivity contribution in [1.82, 2.24) is 20.1 Å². The first-order valence-electron chi connectivity index (χ1n) is 12.6. The third-order valence-corrected chi connectivity index (χ3v) is 8.16. The number of halogens is 4. The van der Waals surface area contributed by atoms with Gasteiger partial charge in [0.15, 0.2) is 0 Å². The van der Waals surface area contributed by atoms with Crippen LogP contribution < -0.4 is 26.4 Å². The number of pyridine rings is 1. The maximum Gasteiger partial charge on any atom is 0.418 e. The van der Waals surface area contributed by atoms with Gasteiger partial charge in [0.25, 0.3) is 0 Å². The normalized spacial score (nSPS) is 22.4. The summed E-state index contributed by atoms with van der Waals surface area (Å²) in [6, 6.07) is 2.64. The highest BCUT2D eigenvalue weighted by atomic mass is 35.5. The lowest BCUT2D eigenvalue weighted by Crippen LogP contribution is -2.43. The summed E-state index contributed by atoms with van der Waals surface area (Å²) in [5.41, 5.74) is 5.60. The molecule has 0 aliphatic carbocycles. The van der Waals surface area contributed by atoms with E-state index >= 15 is 0 Å². The molecular formula is C27H28ClF3N6O2. The van der Waals surface area contributed by atoms with E-state index in [0.717, 1.165) is 32.4 Å². The molecule has 0 radical (unpaired) electrons. The Bertz CT molecular complexity index is 1560. The summed E-state index contributed by atoms with van der Waals surface area (Å²) in [6.45, 7) is 7.94. The van der Waals surface area contributed by atoms with Crippen molar-refractivity contribution in [2.45, 2.75) is 37.9 Å². The number of hydrogen-bond acceptors (Lipinski definition) is 8. The number of anilines is 1. The number of hydrogen-bond donors (Lipinski definition) is 2. The summed E-state index contributed by atoms with van der Waals surface area (Å²) < 4.78 is 55.0. The average molecular weight is 561 g/mol. The smallest absolute Gasteiger partial charge is 0.418 e. The Kier molecular flexibility index (Phi) is 5.99. The summed E-state index contributed by atoms with van der Waals surface area (Å²) >= 11 is 6.75. The molecule has 206 valence electrons. The Balaban J connectivity index is 1.46. The van der Waals surface area contributed by atoms with Gasteiger partial charge in [-0.2, -0.15) is 13.2 Å². The van der Waals surface area contributed by atoms with Crippen LogP contribution in [0.15, 0.2) is 41.4 Å². The first-order chi connectivity index (χ1) is 18.5. The van der Waals surface area contributed by atoms with Gasteiger partial charge in [-0.05, 0) is 50.4 Å². The second kappa shape index (κ2) is 9.06. The van der Waals surface area contributed by atoms with Gasteiger partial charge in [-0.25, -0.2) is 4.98 Å². The number of nitrogens with zero attached hydrogens (tertiary/aromatic N) is 4. The Morgan fingerprint density at radius 2 is 2.13 bits per heavy atom. The van der Waals surface area contributed by atoms with Crippen LogP contribution in [0.3, 0.4) is 0 Å². The Morgan fingerprint density at radius 1 is 1.33 bits per heavy atom. The van der Waals surface area contributed by atoms with Crippen molar-refractivity contribution in [2.75, 3.05) is 39.1 Å². The standard InChI is InChI=1S/C27H28ClF3N6O2/c1-14-9-26(5-4-6-37(26)10-14)12-38-19-11-36(3)25-20-17(39-19)8-16(22(28)24(20)33-13-34-25)23-21(27(29,30)31)15(2)7-18(32)35-23/h7-8,11,34H,1,4-6,9-10,12-13H2,2-3H3,(H2,32,35)/t26-/m0/s1. The number of benzene rings is 1. The van der Waals surface area contributed by atoms with E-state index in [2.05, 4.69) is 26.8 Å². The largest absolute Gasteiger partial charge is 0.462 e. The topological polar surface area (TPSA) is 88.2 Å². The van der Waals surface area contributed by atoms with Crippen LogP contribution in [0.5, 0.6) is 5.75 Å². The maximum absolute atomic E-state index is 14.2. The van der Waals surface area contributed by atoms with Crippen molar-refractivity contribution in [3.8, 4) is 17.0 Å². The van der Waals surface area contributed by atoms with E-state index in [-0.39, 0.29) is 51.6 Å². The van der Waals surface area contributed by atoms with Gasteiger partial charge in [0, 0.05) is 19.2 Å². The molecule has 3 N–H and O–H groups in total. The predicted octanol–water partition coefficient (Wildman–Crippen LogP) is 3.49. The number of ether oxygens (including phenoxy) is 2. The fourth-order valence-electron chi connectivity index (χ4n) is 6.16. The lowest BCUT2D eigenvalue weighted by atomic mass is 9.94. The predicted molar refractivity (Wildman–Crippen MR) is 141 cm³/mol. The van der Waals surface area contributed by atoms with E-state index in [0.29, 0.717) is 23.0 Å². The molecule has 12 heteroatoms. The Morgan fingerprint density at radius 3 is 2.90 bits per heavy atom. The number of aromatic nitrogens is 1. The summed E-state index contributed by atoms with van der Waals surface area (Å²) in [6.07, 6.45) is -0.0452. The molecule has 1 aromatic heterocycles. The van der Waals surface area contributed by atoms with Gasteiger partial charge in [-0.1, -0.05) is 23.8 Å². The van der Waals surface area contributed by atoms with Crippen molar-refractivity contribution in [3.63, 3.8) is 0 Å². The molecule has 2 saturated heterocycles. The van der Waals surface area contributed by atoms with Crippen LogP contribution in [0, 0.1) is 6.92 Å². The van der Waals surface area contributed by atoms with Crippen molar-refractivity contribution < 1.29 is 22.6 Å². The minimum absolute atomic E-state index is 0.0229. The molecule has 1 aromatic carbocycles. The highest BCUT2D eigenvalue weighted by Gasteiger charge is 2.46. The van der Waals surface area contributed by atoms with Crippen LogP contribution in [0.25, 0.3) is 17.1 Å². The number of nitrogen functional groups attached to an aromatic ring is 1. The minimum Gasteiger partial charge on any atom is -0.462 e. The van der Waals surface area contributed by atoms with Crippen LogP contribution in [-0.2, 0) is 10.9 Å². The van der Waals surface area contributed by atoms with Gasteiger partial charge in [0.2, 0.25) is 0 Å². The lowest BCUT2D eigenvalue weighted by molar-refractivity contribution is -0.137. The fourth-order valence-corrected chi connectivity index (χ4v) is 6.46. The van der Waals surface area contributed by atoms with Crippen molar-refractivity contribution in [2.24, 2.45) is 4.99 Å². The zero-order valence-corrected chi connectivity index (χ0v) is 22.3. The molecule has 0 unspecified atom stereocenters. The summed E-state index contributed by atoms with van der Waals surface area (Å²) in [5, 5.41) is 4.07. The van der Waals surface area contributed by atoms with E-state index in [9.17, 15) is 13.2 Å². The van der Waals surface area contributed by atoms with E-state index < -0.39 is 11.7 Å². The number of fused-ring (bicyclic) bond motifs is 1. The average Bonchev–Trinajstić information content (AvgIpc) is 3.33. The third kappa shape index (κ3) is 4.28. The third-order valence-electron chi connectivity index (χ3n) is 7.78. The molecule has 6 rings (SSSR count). The highest BCUT2D eigenvalue weighted by Crippen LogP contribution is 2.43. The summed E-state index contributed by atoms with van der Waals surface area (Å²) in [7, 11) is 1.82. The van der Waals surface area contributed by atoms with Crippen LogP contribution in [0.4, 0.5) is 19.0 Å². The van der Waals surface area contributed by atoms with Crippen LogP contribution in [-0.4, -0.2) is 53.7 Å². The number of aryl methyl sites for hydroxylation is 1. The molecule has 8 nitrogen and oxygen atoms in total. The molecule has 5 heterocycles. The van der Waals surface area contributed by atoms with Crippen molar-refractivity contribution >= 4 is 23.2 Å². The molecule has 4 aliphatic rings. The number of rotatable bonds is 4. The van der Waals surface area contributed by atoms with E-state index in [1.54, 1.807) is 11.1 Å². The zero-order valence-electron chi connectivity index (χ0n) is 21.6. The quantitative estimate of drug-likeness (QED) is 0.554. The van der Waals surface area contributed by atoms with E-state index in [4.69, 9.17) is 26.8 Å². The Hall–Kier alpha value is -3.44. The second-order valence-electron chi connectivity index (χ2n) is 10.5. The monoisotopic (exact) mass is 560 g/mol. The molecule has 0 amide bonds. The molecule has 0 bridgehead atoms. The lowest BCUT2D eigenvalue weighted by Gasteiger charge is -2.31. The molecule has 2 fully saturated rings. The molecule has 0 spiro atoms. The molecule has 39 heavy (non-hydrogen) atoms. The van der Waals surface area contributed by atoms with E-state index in [1.165, 1.54) is 24.6 Å². The molecule has 0 saturated carbocycles. The highest BCUT2D eigenvalue weighted by molar-refractivity contribution is 6.33. The van der Waals surface area contributed by atoms with E-state index in [1.807, 2.05) is 7.05 Å². The van der Waals surface area contributed by atoms with Crippen molar-refractivity contribution in [3.05, 3.63) is 63.2 Å². The minimum atomic E-state index is -4.68. The van der Waals surface area contributed by atoms with Gasteiger partial charge >= 0.3 is 12.1 Å². The van der Waals surface area contributed by atoms with Gasteiger partial charge < -0.3 is 25.4 Å². The number of alkyl halides is 3. The van der Waals surface area contributed by atoms with Gasteiger partial charge in [0.05, 0.1) is 38.6 Å². The van der Waals surface area contributed by atoms with Crippen LogP contribution in [0.2, 0.25) is 5.02 Å². The zero-order chi connectivity index (χ0) is 27.7. The van der Waals surface area contributed by atoms with Crippen molar-refractivity contribution in [1.29, 1.82) is 0 Å². The van der Waals surface area contributed by atoms with Crippen LogP contribution >= 0.6 is 11.6 Å². The fraction of sp³-hybridized carbons (Fsp3) is 0.407. The number of nitrogens with one attached hydrogen (secondary N) is 1. The summed E-state index contributed by atoms with van der Waals surface area (Å²) in [4.78, 5) is 12.7. The molecule has 1 atom stereocenters. The SMILES string of the molecule is C=C1CN2CCC[C@@]2(COC2=CN(C)C3=c4c(cc(-c5nc(N)cc(C)c5C(F)(F)F)c(Cl)c4=NCN3)O2)C1. The first-order valence-corrected chi connectivity index (χ1v) is 13.0. The molecular weight excluding hydrogens is 533 g/mol. The molecule has 4 aliphatic heterocycles. The van der Waals surface area contributed by atoms with Crippen LogP contribution in [0.1, 0.15) is 30.4 Å². The van der Waals surface area contributed by atoms with Gasteiger partial charge in [-0.15, -0.1) is 0 Å². The summed E-state index contributed by atoms with van der Waals surface area (Å²) in [5.74, 6) is 1.05. The molecule has 2 aromatic rings. The second-order valence-corrected chi connectivity index (χ2v) is 10.9.